The van der Waals surface area contributed by atoms with Crippen molar-refractivity contribution in [2.45, 2.75) is 51.0 Å². The van der Waals surface area contributed by atoms with Gasteiger partial charge in [-0.1, -0.05) is 12.5 Å². The van der Waals surface area contributed by atoms with Gasteiger partial charge < -0.3 is 10.6 Å². The summed E-state index contributed by atoms with van der Waals surface area (Å²) in [7, 11) is 0. The number of carbonyl (C=O) groups excluding carboxylic acids is 1. The maximum absolute atomic E-state index is 12.8. The molecule has 3 fully saturated rings. The lowest BCUT2D eigenvalue weighted by molar-refractivity contribution is 0.0708. The van der Waals surface area contributed by atoms with Gasteiger partial charge in [-0.3, -0.25) is 4.79 Å². The molecule has 1 saturated heterocycles. The van der Waals surface area contributed by atoms with Crippen molar-refractivity contribution in [3.8, 4) is 0 Å². The van der Waals surface area contributed by atoms with Gasteiger partial charge in [-0.25, -0.2) is 0 Å². The van der Waals surface area contributed by atoms with E-state index in [0.717, 1.165) is 36.3 Å². The number of nitrogens with two attached hydrogens (primary N) is 1. The van der Waals surface area contributed by atoms with E-state index < -0.39 is 0 Å². The number of nitrogens with zero attached hydrogens (tertiary/aromatic N) is 1. The summed E-state index contributed by atoms with van der Waals surface area (Å²) >= 11 is 0. The highest BCUT2D eigenvalue weighted by Gasteiger charge is 2.42. The van der Waals surface area contributed by atoms with Gasteiger partial charge in [-0.15, -0.1) is 12.4 Å². The molecular weight excluding hydrogens is 308 g/mol. The molecule has 23 heavy (non-hydrogen) atoms. The molecule has 2 aliphatic carbocycles. The van der Waals surface area contributed by atoms with Crippen molar-refractivity contribution in [1.82, 2.24) is 4.90 Å². The molecule has 3 nitrogen and oxygen atoms in total. The first-order valence-corrected chi connectivity index (χ1v) is 8.87. The Bertz CT molecular complexity index is 576. The average Bonchev–Trinajstić information content (AvgIpc) is 3.23. The number of anilines is 1. The summed E-state index contributed by atoms with van der Waals surface area (Å²) in [4.78, 5) is 14.9. The van der Waals surface area contributed by atoms with E-state index in [1.807, 2.05) is 24.3 Å². The Hall–Kier alpha value is -1.22. The number of halogens is 1. The van der Waals surface area contributed by atoms with E-state index in [4.69, 9.17) is 5.73 Å². The van der Waals surface area contributed by atoms with E-state index in [1.54, 1.807) is 0 Å². The summed E-state index contributed by atoms with van der Waals surface area (Å²) in [5, 5.41) is 0. The largest absolute Gasteiger partial charge is 0.399 e. The topological polar surface area (TPSA) is 46.3 Å². The van der Waals surface area contributed by atoms with Crippen LogP contribution in [0.4, 0.5) is 5.69 Å². The van der Waals surface area contributed by atoms with Crippen LogP contribution in [0.2, 0.25) is 0 Å². The van der Waals surface area contributed by atoms with E-state index in [2.05, 4.69) is 4.90 Å². The molecule has 2 bridgehead atoms. The van der Waals surface area contributed by atoms with E-state index in [1.165, 1.54) is 38.5 Å². The van der Waals surface area contributed by atoms with Crippen LogP contribution in [0, 0.1) is 17.8 Å². The van der Waals surface area contributed by atoms with Gasteiger partial charge in [0.15, 0.2) is 0 Å². The van der Waals surface area contributed by atoms with Gasteiger partial charge in [-0.2, -0.15) is 0 Å². The van der Waals surface area contributed by atoms with Gasteiger partial charge in [-0.05, 0) is 74.5 Å². The molecule has 1 heterocycles. The summed E-state index contributed by atoms with van der Waals surface area (Å²) in [6.45, 7) is 0.916. The van der Waals surface area contributed by atoms with Crippen LogP contribution in [0.15, 0.2) is 24.3 Å². The molecule has 1 aliphatic heterocycles. The van der Waals surface area contributed by atoms with Gasteiger partial charge in [0.05, 0.1) is 0 Å². The maximum atomic E-state index is 12.8. The minimum absolute atomic E-state index is 0. The second-order valence-corrected chi connectivity index (χ2v) is 7.59. The number of hydrogen-bond donors (Lipinski definition) is 1. The summed E-state index contributed by atoms with van der Waals surface area (Å²) in [5.41, 5.74) is 7.26. The van der Waals surface area contributed by atoms with Crippen molar-refractivity contribution in [3.63, 3.8) is 0 Å². The van der Waals surface area contributed by atoms with E-state index >= 15 is 0 Å². The van der Waals surface area contributed by atoms with Crippen molar-refractivity contribution in [3.05, 3.63) is 29.8 Å². The molecule has 2 saturated carbocycles. The van der Waals surface area contributed by atoms with Gasteiger partial charge in [0.25, 0.3) is 5.91 Å². The molecule has 0 spiro atoms. The van der Waals surface area contributed by atoms with E-state index in [0.29, 0.717) is 11.7 Å². The van der Waals surface area contributed by atoms with Crippen LogP contribution in [0.5, 0.6) is 0 Å². The third-order valence-electron chi connectivity index (χ3n) is 6.23. The number of amides is 1. The van der Waals surface area contributed by atoms with Gasteiger partial charge in [0, 0.05) is 23.8 Å². The van der Waals surface area contributed by atoms with Gasteiger partial charge in [0.1, 0.15) is 0 Å². The third kappa shape index (κ3) is 3.21. The second kappa shape index (κ2) is 6.72. The number of hydrogen-bond acceptors (Lipinski definition) is 2. The Morgan fingerprint density at radius 1 is 1.22 bits per heavy atom. The highest BCUT2D eigenvalue weighted by molar-refractivity contribution is 5.95. The zero-order valence-corrected chi connectivity index (χ0v) is 14.4. The standard InChI is InChI=1S/C19H26N2O.ClH/c20-17-4-1-3-15(11-17)19(22)21-8-2-5-18(21)12-16-10-13-6-7-14(16)9-13;/h1,3-4,11,13-14,16,18H,2,5-10,12,20H2;1H. The lowest BCUT2D eigenvalue weighted by Crippen LogP contribution is -2.37. The minimum atomic E-state index is 0. The fraction of sp³-hybridized carbons (Fsp3) is 0.632. The molecule has 4 rings (SSSR count). The minimum Gasteiger partial charge on any atom is -0.399 e. The Labute approximate surface area is 145 Å². The fourth-order valence-electron chi connectivity index (χ4n) is 5.20. The molecule has 126 valence electrons. The predicted octanol–water partition coefficient (Wildman–Crippen LogP) is 4.12. The zero-order chi connectivity index (χ0) is 15.1. The maximum Gasteiger partial charge on any atom is 0.254 e. The zero-order valence-electron chi connectivity index (χ0n) is 13.6. The molecule has 4 atom stereocenters. The first kappa shape index (κ1) is 16.6. The van der Waals surface area contributed by atoms with Gasteiger partial charge >= 0.3 is 0 Å². The molecular formula is C19H27ClN2O. The van der Waals surface area contributed by atoms with Crippen LogP contribution >= 0.6 is 12.4 Å². The fourth-order valence-corrected chi connectivity index (χ4v) is 5.20. The second-order valence-electron chi connectivity index (χ2n) is 7.59. The van der Waals surface area contributed by atoms with Crippen molar-refractivity contribution in [2.24, 2.45) is 17.8 Å². The Morgan fingerprint density at radius 2 is 2.09 bits per heavy atom. The normalized spacial score (nSPS) is 32.1. The molecule has 2 N–H and O–H groups in total. The van der Waals surface area contributed by atoms with Crippen LogP contribution in [0.25, 0.3) is 0 Å². The molecule has 4 unspecified atom stereocenters. The average molecular weight is 335 g/mol. The van der Waals surface area contributed by atoms with Crippen LogP contribution in [0.3, 0.4) is 0 Å². The smallest absolute Gasteiger partial charge is 0.254 e. The predicted molar refractivity (Wildman–Crippen MR) is 95.7 cm³/mol. The molecule has 0 aromatic heterocycles. The quantitative estimate of drug-likeness (QED) is 0.845. The van der Waals surface area contributed by atoms with Crippen molar-refractivity contribution >= 4 is 24.0 Å². The first-order valence-electron chi connectivity index (χ1n) is 8.87. The Morgan fingerprint density at radius 3 is 2.78 bits per heavy atom. The summed E-state index contributed by atoms with van der Waals surface area (Å²) in [6, 6.07) is 7.89. The number of likely N-dealkylation sites (tertiary alicyclic amines) is 1. The Kier molecular flexibility index (Phi) is 4.86. The van der Waals surface area contributed by atoms with Crippen LogP contribution < -0.4 is 5.73 Å². The lowest BCUT2D eigenvalue weighted by atomic mass is 9.83. The summed E-state index contributed by atoms with van der Waals surface area (Å²) in [5.74, 6) is 3.00. The monoisotopic (exact) mass is 334 g/mol. The van der Waals surface area contributed by atoms with Crippen LogP contribution in [-0.2, 0) is 0 Å². The molecule has 3 aliphatic rings. The highest BCUT2D eigenvalue weighted by Crippen LogP contribution is 2.50. The third-order valence-corrected chi connectivity index (χ3v) is 6.23. The summed E-state index contributed by atoms with van der Waals surface area (Å²) < 4.78 is 0. The van der Waals surface area contributed by atoms with E-state index in [9.17, 15) is 4.79 Å². The first-order chi connectivity index (χ1) is 10.7. The number of fused-ring (bicyclic) bond motifs is 2. The number of carbonyl (C=O) groups is 1. The van der Waals surface area contributed by atoms with Crippen LogP contribution in [-0.4, -0.2) is 23.4 Å². The molecule has 1 amide bonds. The number of rotatable bonds is 3. The number of nitrogen functional groups attached to an aromatic ring is 1. The molecule has 1 aromatic rings. The number of benzene rings is 1. The van der Waals surface area contributed by atoms with E-state index in [-0.39, 0.29) is 18.3 Å². The molecule has 1 aromatic carbocycles. The van der Waals surface area contributed by atoms with Crippen LogP contribution in [0.1, 0.15) is 55.3 Å². The molecule has 4 heteroatoms. The highest BCUT2D eigenvalue weighted by atomic mass is 35.5. The van der Waals surface area contributed by atoms with Crippen molar-refractivity contribution in [1.29, 1.82) is 0 Å². The SMILES string of the molecule is Cl.Nc1cccc(C(=O)N2CCCC2CC2CC3CCC2C3)c1. The van der Waals surface area contributed by atoms with Gasteiger partial charge in [0.2, 0.25) is 0 Å². The Balaban J connectivity index is 0.00000156. The summed E-state index contributed by atoms with van der Waals surface area (Å²) in [6.07, 6.45) is 9.34. The molecule has 0 radical (unpaired) electrons. The lowest BCUT2D eigenvalue weighted by Gasteiger charge is -2.30. The van der Waals surface area contributed by atoms with Crippen molar-refractivity contribution in [2.75, 3.05) is 12.3 Å². The van der Waals surface area contributed by atoms with Crippen molar-refractivity contribution < 1.29 is 4.79 Å².